The third-order valence-corrected chi connectivity index (χ3v) is 3.85. The molecule has 1 fully saturated rings. The minimum Gasteiger partial charge on any atom is -0.494 e. The van der Waals surface area contributed by atoms with Crippen molar-refractivity contribution in [3.8, 4) is 5.75 Å². The smallest absolute Gasteiger partial charge is 0.119 e. The summed E-state index contributed by atoms with van der Waals surface area (Å²) >= 11 is 0. The molecule has 2 aromatic rings. The minimum absolute atomic E-state index is 0.0693. The first-order valence-electron chi connectivity index (χ1n) is 6.92. The lowest BCUT2D eigenvalue weighted by Crippen LogP contribution is -2.47. The molecule has 1 saturated heterocycles. The molecule has 0 unspecified atom stereocenters. The molecule has 104 valence electrons. The first-order valence-corrected chi connectivity index (χ1v) is 6.92. The molecule has 3 nitrogen and oxygen atoms in total. The predicted molar refractivity (Wildman–Crippen MR) is 80.1 cm³/mol. The van der Waals surface area contributed by atoms with Crippen LogP contribution in [-0.2, 0) is 10.2 Å². The Bertz CT molecular complexity index is 588. The second-order valence-electron chi connectivity index (χ2n) is 5.16. The Balaban J connectivity index is 1.96. The van der Waals surface area contributed by atoms with Crippen molar-refractivity contribution >= 4 is 5.69 Å². The summed E-state index contributed by atoms with van der Waals surface area (Å²) in [5, 5.41) is 0. The fraction of sp³-hybridized carbons (Fsp3) is 0.294. The van der Waals surface area contributed by atoms with Crippen molar-refractivity contribution < 1.29 is 9.47 Å². The Labute approximate surface area is 119 Å². The van der Waals surface area contributed by atoms with Crippen molar-refractivity contribution in [1.82, 2.24) is 0 Å². The van der Waals surface area contributed by atoms with Crippen LogP contribution in [0, 0.1) is 0 Å². The number of hydrogen-bond donors (Lipinski definition) is 1. The van der Waals surface area contributed by atoms with Crippen LogP contribution in [0.5, 0.6) is 5.75 Å². The number of hydrogen-bond acceptors (Lipinski definition) is 3. The van der Waals surface area contributed by atoms with Crippen molar-refractivity contribution in [3.63, 3.8) is 0 Å². The maximum atomic E-state index is 5.92. The molecule has 0 amide bonds. The molecule has 3 heteroatoms. The van der Waals surface area contributed by atoms with E-state index in [4.69, 9.17) is 15.2 Å². The van der Waals surface area contributed by atoms with Crippen molar-refractivity contribution in [2.75, 3.05) is 25.6 Å². The van der Waals surface area contributed by atoms with Gasteiger partial charge >= 0.3 is 0 Å². The van der Waals surface area contributed by atoms with E-state index in [9.17, 15) is 0 Å². The maximum Gasteiger partial charge on any atom is 0.119 e. The molecule has 0 aliphatic carbocycles. The van der Waals surface area contributed by atoms with Gasteiger partial charge in [0.1, 0.15) is 5.75 Å². The molecule has 0 radical (unpaired) electrons. The van der Waals surface area contributed by atoms with Crippen molar-refractivity contribution in [3.05, 3.63) is 59.7 Å². The fourth-order valence-corrected chi connectivity index (χ4v) is 2.68. The van der Waals surface area contributed by atoms with Crippen molar-refractivity contribution in [2.45, 2.75) is 12.3 Å². The lowest BCUT2D eigenvalue weighted by Gasteiger charge is -2.42. The van der Waals surface area contributed by atoms with Gasteiger partial charge in [0.25, 0.3) is 0 Å². The van der Waals surface area contributed by atoms with E-state index in [-0.39, 0.29) is 5.41 Å². The molecule has 0 saturated carbocycles. The molecule has 0 aromatic heterocycles. The topological polar surface area (TPSA) is 44.5 Å². The quantitative estimate of drug-likeness (QED) is 0.868. The second-order valence-corrected chi connectivity index (χ2v) is 5.16. The molecule has 1 heterocycles. The van der Waals surface area contributed by atoms with E-state index in [1.54, 1.807) is 0 Å². The Morgan fingerprint density at radius 3 is 2.40 bits per heavy atom. The van der Waals surface area contributed by atoms with Gasteiger partial charge in [-0.1, -0.05) is 24.3 Å². The lowest BCUT2D eigenvalue weighted by atomic mass is 9.73. The number of rotatable bonds is 4. The highest BCUT2D eigenvalue weighted by Gasteiger charge is 2.42. The molecular formula is C17H19NO2. The number of nitrogen functional groups attached to an aromatic ring is 1. The van der Waals surface area contributed by atoms with Crippen molar-refractivity contribution in [2.24, 2.45) is 0 Å². The fourth-order valence-electron chi connectivity index (χ4n) is 2.68. The number of benzene rings is 2. The summed E-state index contributed by atoms with van der Waals surface area (Å²) in [5.74, 6) is 0.902. The summed E-state index contributed by atoms with van der Waals surface area (Å²) in [6.07, 6.45) is 0. The van der Waals surface area contributed by atoms with E-state index in [0.717, 1.165) is 11.4 Å². The standard InChI is InChI=1S/C17H19NO2/c1-2-20-16-8-6-13(7-9-16)17(11-19-12-17)14-4-3-5-15(18)10-14/h3-10H,2,11-12,18H2,1H3. The molecular weight excluding hydrogens is 250 g/mol. The molecule has 2 aromatic carbocycles. The van der Waals surface area contributed by atoms with Crippen LogP contribution in [0.1, 0.15) is 18.1 Å². The first-order chi connectivity index (χ1) is 9.74. The third kappa shape index (κ3) is 2.14. The zero-order valence-electron chi connectivity index (χ0n) is 11.6. The Hall–Kier alpha value is -2.00. The number of ether oxygens (including phenoxy) is 2. The molecule has 1 aliphatic heterocycles. The van der Waals surface area contributed by atoms with Crippen molar-refractivity contribution in [1.29, 1.82) is 0 Å². The molecule has 1 aliphatic rings. The van der Waals surface area contributed by atoms with Crippen LogP contribution in [0.2, 0.25) is 0 Å². The predicted octanol–water partition coefficient (Wildman–Crippen LogP) is 2.98. The highest BCUT2D eigenvalue weighted by atomic mass is 16.5. The maximum absolute atomic E-state index is 5.92. The summed E-state index contributed by atoms with van der Waals surface area (Å²) in [7, 11) is 0. The molecule has 0 bridgehead atoms. The second kappa shape index (κ2) is 5.17. The summed E-state index contributed by atoms with van der Waals surface area (Å²) in [6, 6.07) is 16.4. The lowest BCUT2D eigenvalue weighted by molar-refractivity contribution is -0.0379. The monoisotopic (exact) mass is 269 g/mol. The highest BCUT2D eigenvalue weighted by Crippen LogP contribution is 2.40. The largest absolute Gasteiger partial charge is 0.494 e. The Morgan fingerprint density at radius 1 is 1.10 bits per heavy atom. The third-order valence-electron chi connectivity index (χ3n) is 3.85. The van der Waals surface area contributed by atoms with Gasteiger partial charge in [-0.2, -0.15) is 0 Å². The molecule has 2 N–H and O–H groups in total. The summed E-state index contributed by atoms with van der Waals surface area (Å²) in [6.45, 7) is 4.07. The number of anilines is 1. The van der Waals surface area contributed by atoms with E-state index >= 15 is 0 Å². The van der Waals surface area contributed by atoms with Crippen LogP contribution in [0.4, 0.5) is 5.69 Å². The normalized spacial score (nSPS) is 16.4. The van der Waals surface area contributed by atoms with Gasteiger partial charge in [-0.3, -0.25) is 0 Å². The van der Waals surface area contributed by atoms with E-state index in [0.29, 0.717) is 19.8 Å². The highest BCUT2D eigenvalue weighted by molar-refractivity contribution is 5.49. The molecule has 0 spiro atoms. The van der Waals surface area contributed by atoms with Gasteiger partial charge in [-0.05, 0) is 42.3 Å². The van der Waals surface area contributed by atoms with Gasteiger partial charge in [-0.15, -0.1) is 0 Å². The van der Waals surface area contributed by atoms with Crippen LogP contribution in [-0.4, -0.2) is 19.8 Å². The zero-order valence-corrected chi connectivity index (χ0v) is 11.6. The average Bonchev–Trinajstić information content (AvgIpc) is 2.40. The summed E-state index contributed by atoms with van der Waals surface area (Å²) < 4.78 is 11.0. The van der Waals surface area contributed by atoms with Gasteiger partial charge in [0.15, 0.2) is 0 Å². The molecule has 20 heavy (non-hydrogen) atoms. The van der Waals surface area contributed by atoms with Crippen LogP contribution < -0.4 is 10.5 Å². The van der Waals surface area contributed by atoms with Crippen LogP contribution in [0.25, 0.3) is 0 Å². The zero-order chi connectivity index (χ0) is 14.0. The number of nitrogens with two attached hydrogens (primary N) is 1. The first kappa shape index (κ1) is 13.0. The van der Waals surface area contributed by atoms with Gasteiger partial charge in [0, 0.05) is 5.69 Å². The molecule has 3 rings (SSSR count). The average molecular weight is 269 g/mol. The van der Waals surface area contributed by atoms with Gasteiger partial charge < -0.3 is 15.2 Å². The van der Waals surface area contributed by atoms with E-state index < -0.39 is 0 Å². The van der Waals surface area contributed by atoms with Gasteiger partial charge in [-0.25, -0.2) is 0 Å². The Kier molecular flexibility index (Phi) is 3.36. The minimum atomic E-state index is -0.0693. The SMILES string of the molecule is CCOc1ccc(C2(c3cccc(N)c3)COC2)cc1. The van der Waals surface area contributed by atoms with E-state index in [1.165, 1.54) is 11.1 Å². The van der Waals surface area contributed by atoms with Gasteiger partial charge in [0.2, 0.25) is 0 Å². The molecule has 0 atom stereocenters. The van der Waals surface area contributed by atoms with Crippen LogP contribution >= 0.6 is 0 Å². The Morgan fingerprint density at radius 2 is 1.85 bits per heavy atom. The van der Waals surface area contributed by atoms with E-state index in [2.05, 4.69) is 18.2 Å². The van der Waals surface area contributed by atoms with Crippen LogP contribution in [0.3, 0.4) is 0 Å². The summed E-state index contributed by atoms with van der Waals surface area (Å²) in [4.78, 5) is 0. The van der Waals surface area contributed by atoms with Crippen LogP contribution in [0.15, 0.2) is 48.5 Å². The van der Waals surface area contributed by atoms with Gasteiger partial charge in [0.05, 0.1) is 25.2 Å². The van der Waals surface area contributed by atoms with E-state index in [1.807, 2.05) is 37.3 Å². The summed E-state index contributed by atoms with van der Waals surface area (Å²) in [5.41, 5.74) is 9.10.